The van der Waals surface area contributed by atoms with Crippen LogP contribution in [0.4, 0.5) is 10.1 Å². The number of hydrogen-bond acceptors (Lipinski definition) is 4. The van der Waals surface area contributed by atoms with E-state index in [0.717, 1.165) is 56.6 Å². The molecule has 5 nitrogen and oxygen atoms in total. The highest BCUT2D eigenvalue weighted by Gasteiger charge is 2.36. The van der Waals surface area contributed by atoms with Crippen molar-refractivity contribution in [3.63, 3.8) is 0 Å². The summed E-state index contributed by atoms with van der Waals surface area (Å²) < 4.78 is 13.6. The van der Waals surface area contributed by atoms with Crippen LogP contribution in [0.5, 0.6) is 0 Å². The zero-order valence-corrected chi connectivity index (χ0v) is 20.6. The summed E-state index contributed by atoms with van der Waals surface area (Å²) in [5.74, 6) is -0.0930. The van der Waals surface area contributed by atoms with E-state index in [2.05, 4.69) is 9.80 Å². The fourth-order valence-corrected chi connectivity index (χ4v) is 6.19. The summed E-state index contributed by atoms with van der Waals surface area (Å²) in [5.41, 5.74) is 2.43. The minimum absolute atomic E-state index is 0.0310. The Morgan fingerprint density at radius 2 is 1.85 bits per heavy atom. The van der Waals surface area contributed by atoms with E-state index < -0.39 is 0 Å². The van der Waals surface area contributed by atoms with Crippen molar-refractivity contribution in [2.24, 2.45) is 0 Å². The highest BCUT2D eigenvalue weighted by molar-refractivity contribution is 6.36. The van der Waals surface area contributed by atoms with Gasteiger partial charge in [-0.15, -0.1) is 0 Å². The number of benzene rings is 2. The van der Waals surface area contributed by atoms with Crippen molar-refractivity contribution < 1.29 is 14.3 Å². The molecule has 34 heavy (non-hydrogen) atoms. The van der Waals surface area contributed by atoms with E-state index in [0.29, 0.717) is 42.2 Å². The summed E-state index contributed by atoms with van der Waals surface area (Å²) in [6, 6.07) is 11.0. The van der Waals surface area contributed by atoms with Crippen molar-refractivity contribution in [2.75, 3.05) is 44.2 Å². The molecule has 0 spiro atoms. The molecule has 0 radical (unpaired) electrons. The molecule has 3 saturated heterocycles. The number of anilines is 1. The highest BCUT2D eigenvalue weighted by Crippen LogP contribution is 2.35. The molecule has 1 amide bonds. The Bertz CT molecular complexity index is 1070. The van der Waals surface area contributed by atoms with Crippen LogP contribution >= 0.6 is 23.2 Å². The Morgan fingerprint density at radius 1 is 1.00 bits per heavy atom. The van der Waals surface area contributed by atoms with E-state index >= 15 is 0 Å². The molecular weight excluding hydrogens is 476 g/mol. The maximum atomic E-state index is 13.6. The first-order valence-electron chi connectivity index (χ1n) is 12.1. The lowest BCUT2D eigenvalue weighted by Crippen LogP contribution is -2.57. The molecule has 8 heteroatoms. The van der Waals surface area contributed by atoms with Crippen molar-refractivity contribution >= 4 is 34.8 Å². The van der Waals surface area contributed by atoms with Crippen LogP contribution in [0, 0.1) is 5.82 Å². The smallest absolute Gasteiger partial charge is 0.255 e. The average molecular weight is 506 g/mol. The summed E-state index contributed by atoms with van der Waals surface area (Å²) in [6.45, 7) is 4.39. The number of aliphatic hydroxyl groups excluding tert-OH is 1. The Hall–Kier alpha value is -1.86. The maximum absolute atomic E-state index is 13.6. The Balaban J connectivity index is 1.25. The van der Waals surface area contributed by atoms with Crippen LogP contribution in [0.25, 0.3) is 0 Å². The minimum atomic E-state index is -0.384. The molecule has 0 aromatic heterocycles. The monoisotopic (exact) mass is 505 g/mol. The average Bonchev–Trinajstić information content (AvgIpc) is 2.85. The third kappa shape index (κ3) is 4.78. The van der Waals surface area contributed by atoms with Crippen LogP contribution in [0.15, 0.2) is 36.4 Å². The molecule has 3 aliphatic rings. The summed E-state index contributed by atoms with van der Waals surface area (Å²) in [7, 11) is 0. The number of rotatable bonds is 3. The van der Waals surface area contributed by atoms with Gasteiger partial charge >= 0.3 is 0 Å². The number of piperidine rings is 2. The van der Waals surface area contributed by atoms with E-state index in [1.54, 1.807) is 12.1 Å². The molecule has 0 bridgehead atoms. The van der Waals surface area contributed by atoms with Crippen molar-refractivity contribution in [1.82, 2.24) is 9.80 Å². The standard InChI is InChI=1S/C26H30Cl2FN3O2/c27-22-13-17(7-9-23(22)29)18-6-8-19-15-32(12-11-30(19)14-18)26(34)21-4-1-5-24(25(21)28)31-10-2-3-20(33)16-31/h1,4-5,7,9,13,18-20,33H,2-3,6,8,10-12,14-16H2/t18-,19+,20+/m0/s1. The van der Waals surface area contributed by atoms with E-state index in [1.807, 2.05) is 23.1 Å². The first-order chi connectivity index (χ1) is 16.4. The van der Waals surface area contributed by atoms with Crippen LogP contribution in [-0.4, -0.2) is 72.2 Å². The lowest BCUT2D eigenvalue weighted by molar-refractivity contribution is 0.0329. The van der Waals surface area contributed by atoms with E-state index in [9.17, 15) is 14.3 Å². The van der Waals surface area contributed by atoms with Gasteiger partial charge in [0.1, 0.15) is 5.82 Å². The normalized spacial score (nSPS) is 25.8. The van der Waals surface area contributed by atoms with Gasteiger partial charge in [0.2, 0.25) is 0 Å². The third-order valence-corrected chi connectivity index (χ3v) is 8.24. The van der Waals surface area contributed by atoms with Crippen LogP contribution in [0.3, 0.4) is 0 Å². The highest BCUT2D eigenvalue weighted by atomic mass is 35.5. The minimum Gasteiger partial charge on any atom is -0.391 e. The van der Waals surface area contributed by atoms with Gasteiger partial charge in [-0.2, -0.15) is 0 Å². The molecule has 0 saturated carbocycles. The number of fused-ring (bicyclic) bond motifs is 1. The first-order valence-corrected chi connectivity index (χ1v) is 12.9. The number of carbonyl (C=O) groups excluding carboxylic acids is 1. The molecule has 2 aromatic carbocycles. The van der Waals surface area contributed by atoms with Gasteiger partial charge in [-0.05, 0) is 61.4 Å². The van der Waals surface area contributed by atoms with E-state index in [-0.39, 0.29) is 22.9 Å². The van der Waals surface area contributed by atoms with Gasteiger partial charge in [-0.1, -0.05) is 35.3 Å². The van der Waals surface area contributed by atoms with Gasteiger partial charge in [0.25, 0.3) is 5.91 Å². The molecule has 3 heterocycles. The van der Waals surface area contributed by atoms with Crippen LogP contribution in [-0.2, 0) is 0 Å². The van der Waals surface area contributed by atoms with Crippen molar-refractivity contribution in [3.05, 3.63) is 63.4 Å². The van der Waals surface area contributed by atoms with Gasteiger partial charge in [0.05, 0.1) is 27.4 Å². The molecule has 2 aromatic rings. The number of nitrogens with zero attached hydrogens (tertiary/aromatic N) is 3. The molecule has 0 unspecified atom stereocenters. The van der Waals surface area contributed by atoms with Gasteiger partial charge in [-0.3, -0.25) is 9.69 Å². The van der Waals surface area contributed by atoms with Gasteiger partial charge in [0.15, 0.2) is 0 Å². The Kier molecular flexibility index (Phi) is 7.03. The predicted molar refractivity (Wildman–Crippen MR) is 134 cm³/mol. The topological polar surface area (TPSA) is 47.0 Å². The van der Waals surface area contributed by atoms with Crippen LogP contribution in [0.2, 0.25) is 10.0 Å². The molecule has 1 N–H and O–H groups in total. The second kappa shape index (κ2) is 10.0. The number of piperazine rings is 1. The van der Waals surface area contributed by atoms with Gasteiger partial charge in [0, 0.05) is 45.3 Å². The molecule has 3 aliphatic heterocycles. The van der Waals surface area contributed by atoms with Crippen molar-refractivity contribution in [1.29, 1.82) is 0 Å². The summed E-state index contributed by atoms with van der Waals surface area (Å²) in [5, 5.41) is 10.7. The Labute approximate surface area is 210 Å². The number of amides is 1. The number of hydrogen-bond donors (Lipinski definition) is 1. The molecule has 182 valence electrons. The fraction of sp³-hybridized carbons (Fsp3) is 0.500. The molecule has 3 fully saturated rings. The third-order valence-electron chi connectivity index (χ3n) is 7.56. The zero-order valence-electron chi connectivity index (χ0n) is 19.1. The fourth-order valence-electron chi connectivity index (χ4n) is 5.67. The molecule has 3 atom stereocenters. The van der Waals surface area contributed by atoms with Crippen molar-refractivity contribution in [3.8, 4) is 0 Å². The molecule has 5 rings (SSSR count). The van der Waals surface area contributed by atoms with E-state index in [4.69, 9.17) is 23.2 Å². The number of halogens is 3. The second-order valence-electron chi connectivity index (χ2n) is 9.73. The molecule has 0 aliphatic carbocycles. The van der Waals surface area contributed by atoms with E-state index in [1.165, 1.54) is 6.07 Å². The summed E-state index contributed by atoms with van der Waals surface area (Å²) in [6.07, 6.45) is 3.30. The Morgan fingerprint density at radius 3 is 2.65 bits per heavy atom. The number of β-amino-alcohol motifs (C(OH)–C–C–N with tert-alkyl or cyclic N) is 1. The van der Waals surface area contributed by atoms with Gasteiger partial charge < -0.3 is 14.9 Å². The lowest BCUT2D eigenvalue weighted by Gasteiger charge is -2.46. The van der Waals surface area contributed by atoms with Crippen LogP contribution < -0.4 is 4.90 Å². The largest absolute Gasteiger partial charge is 0.391 e. The summed E-state index contributed by atoms with van der Waals surface area (Å²) >= 11 is 12.7. The van der Waals surface area contributed by atoms with Crippen molar-refractivity contribution in [2.45, 2.75) is 43.7 Å². The van der Waals surface area contributed by atoms with Gasteiger partial charge in [-0.25, -0.2) is 4.39 Å². The first kappa shape index (κ1) is 23.9. The molecular formula is C26H30Cl2FN3O2. The lowest BCUT2D eigenvalue weighted by atomic mass is 9.86. The second-order valence-corrected chi connectivity index (χ2v) is 10.5. The maximum Gasteiger partial charge on any atom is 0.255 e. The number of aliphatic hydroxyl groups is 1. The quantitative estimate of drug-likeness (QED) is 0.650. The SMILES string of the molecule is O=C(c1cccc(N2CCC[C@@H](O)C2)c1Cl)N1CCN2C[C@@H](c3ccc(F)c(Cl)c3)CC[C@@H]2C1. The predicted octanol–water partition coefficient (Wildman–Crippen LogP) is 4.80. The number of carbonyl (C=O) groups is 1. The van der Waals surface area contributed by atoms with Crippen LogP contribution in [0.1, 0.15) is 47.5 Å². The summed E-state index contributed by atoms with van der Waals surface area (Å²) in [4.78, 5) is 19.9. The zero-order chi connectivity index (χ0) is 23.8.